The second-order valence-electron chi connectivity index (χ2n) is 15.2. The second kappa shape index (κ2) is 26.8. The molecule has 0 aliphatic heterocycles. The number of hydrogen-bond acceptors (Lipinski definition) is 14. The Hall–Kier alpha value is -6.76. The van der Waals surface area contributed by atoms with Crippen LogP contribution in [0, 0.1) is 0 Å². The van der Waals surface area contributed by atoms with Gasteiger partial charge in [-0.25, -0.2) is 4.79 Å². The lowest BCUT2D eigenvalue weighted by molar-refractivity contribution is -0.145. The highest BCUT2D eigenvalue weighted by atomic mass is 16.4. The number of amides is 9. The minimum atomic E-state index is -1.74. The SMILES string of the molecule is C[C@H](NC(=O)c1ccc2ccccc2c1)C(=O)N[C@@H](CCC(N)=O)C(=O)N[C@H](C(=O)NCC(=O)N[C@H](C(=O)NCC(=O)N[C@@H](CCCCN)C(=O)N[C@H](C(=O)O)[C@@H](C)O)[C@@H](C)O)[C@@H](C)O. The number of aliphatic hydroxyl groups excluding tert-OH is 3. The topological polar surface area (TPSA) is 400 Å². The number of nitrogens with two attached hydrogens (primary N) is 2. The molecule has 0 unspecified atom stereocenters. The first-order valence-electron chi connectivity index (χ1n) is 20.7. The van der Waals surface area contributed by atoms with Gasteiger partial charge in [0.25, 0.3) is 5.91 Å². The van der Waals surface area contributed by atoms with Crippen molar-refractivity contribution in [1.82, 2.24) is 42.5 Å². The lowest BCUT2D eigenvalue weighted by Crippen LogP contribution is -2.60. The minimum absolute atomic E-state index is 0.0208. The van der Waals surface area contributed by atoms with Crippen LogP contribution in [0.3, 0.4) is 0 Å². The zero-order valence-corrected chi connectivity index (χ0v) is 36.4. The Bertz CT molecular complexity index is 2030. The lowest BCUT2D eigenvalue weighted by Gasteiger charge is -2.26. The summed E-state index contributed by atoms with van der Waals surface area (Å²) in [5, 5.41) is 59.6. The molecule has 24 heteroatoms. The maximum absolute atomic E-state index is 13.4. The number of primary amides is 1. The number of hydrogen-bond donors (Lipinski definition) is 14. The molecule has 0 aliphatic carbocycles. The van der Waals surface area contributed by atoms with Crippen molar-refractivity contribution in [2.45, 2.75) is 114 Å². The Morgan fingerprint density at radius 3 is 1.60 bits per heavy atom. The van der Waals surface area contributed by atoms with E-state index in [0.717, 1.165) is 31.5 Å². The predicted molar refractivity (Wildman–Crippen MR) is 231 cm³/mol. The fraction of sp³-hybridized carbons (Fsp3) is 0.512. The van der Waals surface area contributed by atoms with E-state index in [1.54, 1.807) is 24.3 Å². The van der Waals surface area contributed by atoms with Crippen molar-refractivity contribution in [1.29, 1.82) is 0 Å². The third kappa shape index (κ3) is 18.5. The molecular weight excluding hydrogens is 857 g/mol. The minimum Gasteiger partial charge on any atom is -0.480 e. The number of carbonyl (C=O) groups is 10. The van der Waals surface area contributed by atoms with E-state index in [9.17, 15) is 68.4 Å². The van der Waals surface area contributed by atoms with Crippen LogP contribution in [0.15, 0.2) is 42.5 Å². The summed E-state index contributed by atoms with van der Waals surface area (Å²) < 4.78 is 0. The van der Waals surface area contributed by atoms with Crippen LogP contribution >= 0.6 is 0 Å². The molecule has 0 saturated carbocycles. The summed E-state index contributed by atoms with van der Waals surface area (Å²) in [6, 6.07) is 3.13. The van der Waals surface area contributed by atoms with Gasteiger partial charge < -0.3 is 74.4 Å². The standard InChI is InChI=1S/C41H60N10O14/c1-20(46-36(59)26-13-12-24-9-5-6-10-25(24)17-26)35(58)48-28(14-15-29(43)55)38(61)50-33(22(3)53)40(63)45-19-31(57)49-32(21(2)52)39(62)44-18-30(56)47-27(11-7-8-16-42)37(60)51-34(23(4)54)41(64)65/h5-6,9-10,12-13,17,20-23,27-28,32-34,52-54H,7-8,11,14-16,18-19,42H2,1-4H3,(H2,43,55)(H,44,62)(H,45,63)(H,46,59)(H,47,56)(H,48,58)(H,49,57)(H,50,61)(H,51,60)(H,64,65)/t20-,21+,22+,23+,27-,28-,32-,33-,34-/m0/s1. The highest BCUT2D eigenvalue weighted by Crippen LogP contribution is 2.16. The van der Waals surface area contributed by atoms with Crippen molar-refractivity contribution in [3.8, 4) is 0 Å². The van der Waals surface area contributed by atoms with Crippen LogP contribution in [0.1, 0.15) is 70.2 Å². The molecule has 65 heavy (non-hydrogen) atoms. The highest BCUT2D eigenvalue weighted by molar-refractivity contribution is 6.01. The number of aliphatic carboxylic acids is 1. The van der Waals surface area contributed by atoms with Crippen LogP contribution in [-0.2, 0) is 43.2 Å². The van der Waals surface area contributed by atoms with Gasteiger partial charge in [0.05, 0.1) is 31.4 Å². The number of nitrogens with one attached hydrogen (secondary N) is 8. The van der Waals surface area contributed by atoms with Crippen molar-refractivity contribution in [2.75, 3.05) is 19.6 Å². The maximum Gasteiger partial charge on any atom is 0.328 e. The van der Waals surface area contributed by atoms with Gasteiger partial charge in [0.15, 0.2) is 6.04 Å². The fourth-order valence-corrected chi connectivity index (χ4v) is 6.02. The van der Waals surface area contributed by atoms with E-state index in [1.165, 1.54) is 6.92 Å². The number of carboxylic acids is 1. The molecule has 2 aromatic rings. The Labute approximate surface area is 373 Å². The summed E-state index contributed by atoms with van der Waals surface area (Å²) in [4.78, 5) is 127. The predicted octanol–water partition coefficient (Wildman–Crippen LogP) is -4.76. The van der Waals surface area contributed by atoms with Gasteiger partial charge in [0, 0.05) is 12.0 Å². The molecule has 0 bridgehead atoms. The maximum atomic E-state index is 13.4. The monoisotopic (exact) mass is 916 g/mol. The van der Waals surface area contributed by atoms with Gasteiger partial charge in [0.2, 0.25) is 47.3 Å². The number of fused-ring (bicyclic) bond motifs is 1. The molecule has 0 radical (unpaired) electrons. The van der Waals surface area contributed by atoms with Gasteiger partial charge in [-0.2, -0.15) is 0 Å². The molecule has 9 amide bonds. The summed E-state index contributed by atoms with van der Waals surface area (Å²) in [6.45, 7) is 3.38. The van der Waals surface area contributed by atoms with Crippen molar-refractivity contribution < 1.29 is 68.4 Å². The molecule has 2 rings (SSSR count). The van der Waals surface area contributed by atoms with Crippen molar-refractivity contribution in [3.05, 3.63) is 48.0 Å². The normalized spacial score (nSPS) is 15.1. The summed E-state index contributed by atoms with van der Waals surface area (Å²) in [6.07, 6.45) is -4.55. The largest absolute Gasteiger partial charge is 0.480 e. The second-order valence-corrected chi connectivity index (χ2v) is 15.2. The van der Waals surface area contributed by atoms with Crippen LogP contribution in [0.25, 0.3) is 10.8 Å². The zero-order valence-electron chi connectivity index (χ0n) is 36.4. The summed E-state index contributed by atoms with van der Waals surface area (Å²) in [5.74, 6) is -9.90. The van der Waals surface area contributed by atoms with E-state index in [-0.39, 0.29) is 24.9 Å². The molecule has 24 nitrogen and oxygen atoms in total. The number of rotatable bonds is 27. The third-order valence-corrected chi connectivity index (χ3v) is 9.70. The quantitative estimate of drug-likeness (QED) is 0.0374. The van der Waals surface area contributed by atoms with E-state index in [2.05, 4.69) is 42.5 Å². The zero-order chi connectivity index (χ0) is 49.0. The molecule has 9 atom stereocenters. The summed E-state index contributed by atoms with van der Waals surface area (Å²) in [7, 11) is 0. The fourth-order valence-electron chi connectivity index (χ4n) is 6.02. The molecule has 0 spiro atoms. The molecule has 0 aliphatic rings. The van der Waals surface area contributed by atoms with Crippen LogP contribution in [0.2, 0.25) is 0 Å². The number of benzene rings is 2. The Morgan fingerprint density at radius 1 is 0.569 bits per heavy atom. The van der Waals surface area contributed by atoms with Gasteiger partial charge in [-0.1, -0.05) is 30.3 Å². The third-order valence-electron chi connectivity index (χ3n) is 9.70. The Morgan fingerprint density at radius 2 is 1.08 bits per heavy atom. The molecule has 358 valence electrons. The van der Waals surface area contributed by atoms with Crippen LogP contribution in [0.5, 0.6) is 0 Å². The molecule has 0 fully saturated rings. The number of carbonyl (C=O) groups excluding carboxylic acids is 9. The first kappa shape index (κ1) is 54.4. The average molecular weight is 917 g/mol. The number of aliphatic hydroxyl groups is 3. The van der Waals surface area contributed by atoms with E-state index < -0.39 is 133 Å². The van der Waals surface area contributed by atoms with Crippen LogP contribution in [-0.4, -0.2) is 154 Å². The number of unbranched alkanes of at least 4 members (excludes halogenated alkanes) is 1. The lowest BCUT2D eigenvalue weighted by atomic mass is 10.1. The first-order valence-corrected chi connectivity index (χ1v) is 20.7. The molecule has 16 N–H and O–H groups in total. The van der Waals surface area contributed by atoms with Crippen molar-refractivity contribution in [3.63, 3.8) is 0 Å². The van der Waals surface area contributed by atoms with Gasteiger partial charge in [-0.3, -0.25) is 43.2 Å². The summed E-state index contributed by atoms with van der Waals surface area (Å²) >= 11 is 0. The highest BCUT2D eigenvalue weighted by Gasteiger charge is 2.33. The summed E-state index contributed by atoms with van der Waals surface area (Å²) in [5.41, 5.74) is 11.0. The van der Waals surface area contributed by atoms with E-state index in [4.69, 9.17) is 11.5 Å². The average Bonchev–Trinajstić information content (AvgIpc) is 3.24. The van der Waals surface area contributed by atoms with Gasteiger partial charge >= 0.3 is 5.97 Å². The Kier molecular flexibility index (Phi) is 22.4. The van der Waals surface area contributed by atoms with Gasteiger partial charge in [-0.15, -0.1) is 0 Å². The molecular formula is C41H60N10O14. The van der Waals surface area contributed by atoms with Gasteiger partial charge in [0.1, 0.15) is 30.2 Å². The molecule has 0 aromatic heterocycles. The molecule has 0 saturated heterocycles. The smallest absolute Gasteiger partial charge is 0.328 e. The van der Waals surface area contributed by atoms with E-state index in [1.807, 2.05) is 18.2 Å². The van der Waals surface area contributed by atoms with Crippen LogP contribution in [0.4, 0.5) is 0 Å². The van der Waals surface area contributed by atoms with E-state index in [0.29, 0.717) is 12.8 Å². The number of carboxylic acid groups (broad SMARTS) is 1. The first-order chi connectivity index (χ1) is 30.5. The van der Waals surface area contributed by atoms with E-state index >= 15 is 0 Å². The van der Waals surface area contributed by atoms with Gasteiger partial charge in [-0.05, 0) is 82.8 Å². The van der Waals surface area contributed by atoms with Crippen molar-refractivity contribution >= 4 is 69.9 Å². The Balaban J connectivity index is 2.02. The molecule has 0 heterocycles. The van der Waals surface area contributed by atoms with Crippen molar-refractivity contribution in [2.24, 2.45) is 11.5 Å². The van der Waals surface area contributed by atoms with Crippen LogP contribution < -0.4 is 54.0 Å². The molecule has 2 aromatic carbocycles.